The van der Waals surface area contributed by atoms with Gasteiger partial charge in [-0.05, 0) is 45.4 Å². The van der Waals surface area contributed by atoms with Gasteiger partial charge in [-0.2, -0.15) is 0 Å². The van der Waals surface area contributed by atoms with Crippen LogP contribution in [0.25, 0.3) is 0 Å². The SMILES string of the molecule is CNCc1cc(C)n(C2CC2)c1C. The molecule has 13 heavy (non-hydrogen) atoms. The fraction of sp³-hybridized carbons (Fsp3) is 0.636. The van der Waals surface area contributed by atoms with Crippen molar-refractivity contribution in [3.05, 3.63) is 23.0 Å². The van der Waals surface area contributed by atoms with Gasteiger partial charge in [0.1, 0.15) is 0 Å². The van der Waals surface area contributed by atoms with Gasteiger partial charge in [-0.25, -0.2) is 0 Å². The first kappa shape index (κ1) is 8.82. The fourth-order valence-electron chi connectivity index (χ4n) is 2.11. The van der Waals surface area contributed by atoms with Crippen molar-refractivity contribution in [1.82, 2.24) is 9.88 Å². The third kappa shape index (κ3) is 1.51. The van der Waals surface area contributed by atoms with Crippen LogP contribution in [0.5, 0.6) is 0 Å². The monoisotopic (exact) mass is 178 g/mol. The van der Waals surface area contributed by atoms with Crippen LogP contribution in [0.15, 0.2) is 6.07 Å². The molecule has 1 N–H and O–H groups in total. The highest BCUT2D eigenvalue weighted by molar-refractivity contribution is 5.28. The molecule has 1 fully saturated rings. The summed E-state index contributed by atoms with van der Waals surface area (Å²) >= 11 is 0. The Kier molecular flexibility index (Phi) is 2.16. The summed E-state index contributed by atoms with van der Waals surface area (Å²) in [6.07, 6.45) is 2.74. The van der Waals surface area contributed by atoms with Crippen LogP contribution in [0, 0.1) is 13.8 Å². The standard InChI is InChI=1S/C11H18N2/c1-8-6-10(7-12-3)9(2)13(8)11-4-5-11/h6,11-12H,4-5,7H2,1-3H3. The van der Waals surface area contributed by atoms with Gasteiger partial charge < -0.3 is 9.88 Å². The first-order valence-electron chi connectivity index (χ1n) is 5.06. The van der Waals surface area contributed by atoms with Crippen molar-refractivity contribution in [2.24, 2.45) is 0 Å². The number of nitrogens with one attached hydrogen (secondary N) is 1. The van der Waals surface area contributed by atoms with Crippen molar-refractivity contribution in [1.29, 1.82) is 0 Å². The lowest BCUT2D eigenvalue weighted by atomic mass is 10.2. The Labute approximate surface area is 79.9 Å². The van der Waals surface area contributed by atoms with Crippen LogP contribution in [-0.2, 0) is 6.54 Å². The van der Waals surface area contributed by atoms with Gasteiger partial charge in [0.2, 0.25) is 0 Å². The van der Waals surface area contributed by atoms with E-state index in [-0.39, 0.29) is 0 Å². The molecule has 0 radical (unpaired) electrons. The van der Waals surface area contributed by atoms with Crippen LogP contribution in [0.2, 0.25) is 0 Å². The summed E-state index contributed by atoms with van der Waals surface area (Å²) in [5.74, 6) is 0. The van der Waals surface area contributed by atoms with Crippen LogP contribution in [-0.4, -0.2) is 11.6 Å². The molecule has 72 valence electrons. The molecule has 1 saturated carbocycles. The highest BCUT2D eigenvalue weighted by atomic mass is 15.1. The smallest absolute Gasteiger partial charge is 0.0337 e. The molecule has 1 aliphatic carbocycles. The van der Waals surface area contributed by atoms with Crippen LogP contribution >= 0.6 is 0 Å². The van der Waals surface area contributed by atoms with E-state index in [1.165, 1.54) is 29.8 Å². The summed E-state index contributed by atoms with van der Waals surface area (Å²) in [7, 11) is 2.00. The summed E-state index contributed by atoms with van der Waals surface area (Å²) in [4.78, 5) is 0. The van der Waals surface area contributed by atoms with E-state index < -0.39 is 0 Å². The Morgan fingerprint density at radius 2 is 2.15 bits per heavy atom. The van der Waals surface area contributed by atoms with Crippen molar-refractivity contribution >= 4 is 0 Å². The maximum atomic E-state index is 3.21. The Morgan fingerprint density at radius 3 is 2.69 bits per heavy atom. The summed E-state index contributed by atoms with van der Waals surface area (Å²) < 4.78 is 2.49. The lowest BCUT2D eigenvalue weighted by Crippen LogP contribution is -2.06. The highest BCUT2D eigenvalue weighted by Crippen LogP contribution is 2.38. The minimum absolute atomic E-state index is 0.811. The lowest BCUT2D eigenvalue weighted by molar-refractivity contribution is 0.691. The lowest BCUT2D eigenvalue weighted by Gasteiger charge is -2.07. The second-order valence-corrected chi connectivity index (χ2v) is 4.03. The zero-order valence-corrected chi connectivity index (χ0v) is 8.72. The first-order valence-corrected chi connectivity index (χ1v) is 5.06. The van der Waals surface area contributed by atoms with E-state index in [9.17, 15) is 0 Å². The minimum Gasteiger partial charge on any atom is -0.346 e. The molecule has 2 nitrogen and oxygen atoms in total. The zero-order valence-electron chi connectivity index (χ0n) is 8.72. The van der Waals surface area contributed by atoms with Crippen LogP contribution in [0.1, 0.15) is 35.8 Å². The Morgan fingerprint density at radius 1 is 1.46 bits per heavy atom. The minimum atomic E-state index is 0.811. The van der Waals surface area contributed by atoms with Crippen molar-refractivity contribution in [2.45, 2.75) is 39.3 Å². The van der Waals surface area contributed by atoms with Crippen molar-refractivity contribution in [2.75, 3.05) is 7.05 Å². The number of hydrogen-bond acceptors (Lipinski definition) is 1. The molecule has 1 aromatic heterocycles. The average molecular weight is 178 g/mol. The molecular weight excluding hydrogens is 160 g/mol. The predicted molar refractivity (Wildman–Crippen MR) is 54.9 cm³/mol. The van der Waals surface area contributed by atoms with Crippen molar-refractivity contribution in [3.63, 3.8) is 0 Å². The third-order valence-electron chi connectivity index (χ3n) is 2.87. The molecule has 1 heterocycles. The third-order valence-corrected chi connectivity index (χ3v) is 2.87. The molecular formula is C11H18N2. The largest absolute Gasteiger partial charge is 0.346 e. The summed E-state index contributed by atoms with van der Waals surface area (Å²) in [5, 5.41) is 3.21. The summed E-state index contributed by atoms with van der Waals surface area (Å²) in [6, 6.07) is 3.12. The van der Waals surface area contributed by atoms with Gasteiger partial charge in [-0.3, -0.25) is 0 Å². The molecule has 0 bridgehead atoms. The van der Waals surface area contributed by atoms with E-state index in [1.807, 2.05) is 7.05 Å². The van der Waals surface area contributed by atoms with Gasteiger partial charge >= 0.3 is 0 Å². The molecule has 0 saturated heterocycles. The molecule has 0 unspecified atom stereocenters. The van der Waals surface area contributed by atoms with E-state index in [4.69, 9.17) is 0 Å². The average Bonchev–Trinajstić information content (AvgIpc) is 2.84. The van der Waals surface area contributed by atoms with Gasteiger partial charge in [0.05, 0.1) is 0 Å². The molecule has 1 aromatic rings. The maximum absolute atomic E-state index is 3.21. The van der Waals surface area contributed by atoms with Crippen molar-refractivity contribution < 1.29 is 0 Å². The Hall–Kier alpha value is -0.760. The van der Waals surface area contributed by atoms with E-state index >= 15 is 0 Å². The molecule has 0 aromatic carbocycles. The molecule has 0 spiro atoms. The van der Waals surface area contributed by atoms with E-state index in [2.05, 4.69) is 29.8 Å². The van der Waals surface area contributed by atoms with Crippen LogP contribution in [0.4, 0.5) is 0 Å². The van der Waals surface area contributed by atoms with Crippen LogP contribution < -0.4 is 5.32 Å². The first-order chi connectivity index (χ1) is 6.24. The Balaban J connectivity index is 2.32. The van der Waals surface area contributed by atoms with Gasteiger partial charge in [0.15, 0.2) is 0 Å². The molecule has 2 rings (SSSR count). The number of hydrogen-bond donors (Lipinski definition) is 1. The second kappa shape index (κ2) is 3.18. The summed E-state index contributed by atoms with van der Waals surface area (Å²) in [5.41, 5.74) is 4.33. The molecule has 0 aliphatic heterocycles. The van der Waals surface area contributed by atoms with E-state index in [1.54, 1.807) is 0 Å². The van der Waals surface area contributed by atoms with Crippen molar-refractivity contribution in [3.8, 4) is 0 Å². The maximum Gasteiger partial charge on any atom is 0.0337 e. The number of aryl methyl sites for hydroxylation is 1. The van der Waals surface area contributed by atoms with Gasteiger partial charge in [-0.1, -0.05) is 0 Å². The normalized spacial score (nSPS) is 16.5. The Bertz CT molecular complexity index is 308. The van der Waals surface area contributed by atoms with Crippen LogP contribution in [0.3, 0.4) is 0 Å². The van der Waals surface area contributed by atoms with E-state index in [0.717, 1.165) is 12.6 Å². The van der Waals surface area contributed by atoms with E-state index in [0.29, 0.717) is 0 Å². The number of aromatic nitrogens is 1. The zero-order chi connectivity index (χ0) is 9.42. The highest BCUT2D eigenvalue weighted by Gasteiger charge is 2.26. The van der Waals surface area contributed by atoms with Gasteiger partial charge in [-0.15, -0.1) is 0 Å². The van der Waals surface area contributed by atoms with Gasteiger partial charge in [0.25, 0.3) is 0 Å². The summed E-state index contributed by atoms with van der Waals surface area (Å²) in [6.45, 7) is 5.44. The molecule has 0 amide bonds. The topological polar surface area (TPSA) is 17.0 Å². The van der Waals surface area contributed by atoms with Gasteiger partial charge in [0, 0.05) is 24.0 Å². The predicted octanol–water partition coefficient (Wildman–Crippen LogP) is 2.16. The fourth-order valence-corrected chi connectivity index (χ4v) is 2.11. The molecule has 1 aliphatic rings. The number of nitrogens with zero attached hydrogens (tertiary/aromatic N) is 1. The second-order valence-electron chi connectivity index (χ2n) is 4.03. The molecule has 2 heteroatoms. The molecule has 0 atom stereocenters. The quantitative estimate of drug-likeness (QED) is 0.750. The number of rotatable bonds is 3.